The van der Waals surface area contributed by atoms with E-state index in [9.17, 15) is 13.6 Å². The van der Waals surface area contributed by atoms with Gasteiger partial charge in [0.1, 0.15) is 5.75 Å². The van der Waals surface area contributed by atoms with Gasteiger partial charge in [0.2, 0.25) is 0 Å². The van der Waals surface area contributed by atoms with E-state index in [-0.39, 0.29) is 11.7 Å². The number of nitrogens with zero attached hydrogens (tertiary/aromatic N) is 2. The summed E-state index contributed by atoms with van der Waals surface area (Å²) >= 11 is 0. The number of hydrogen-bond donors (Lipinski definition) is 2. The van der Waals surface area contributed by atoms with Crippen molar-refractivity contribution in [2.75, 3.05) is 27.7 Å². The smallest absolute Gasteiger partial charge is 0.387 e. The summed E-state index contributed by atoms with van der Waals surface area (Å²) in [6, 6.07) is 14.0. The molecule has 0 spiro atoms. The van der Waals surface area contributed by atoms with Crippen LogP contribution < -0.4 is 15.4 Å². The Morgan fingerprint density at radius 1 is 1.10 bits per heavy atom. The molecule has 6 nitrogen and oxygen atoms in total. The number of ether oxygens (including phenoxy) is 1. The Balaban J connectivity index is 1.84. The molecule has 0 aromatic heterocycles. The lowest BCUT2D eigenvalue weighted by molar-refractivity contribution is -0.0498. The van der Waals surface area contributed by atoms with Crippen LogP contribution >= 0.6 is 0 Å². The maximum atomic E-state index is 12.3. The second-order valence-electron chi connectivity index (χ2n) is 6.53. The van der Waals surface area contributed by atoms with Crippen LogP contribution in [0.25, 0.3) is 0 Å². The third-order valence-corrected chi connectivity index (χ3v) is 4.09. The van der Waals surface area contributed by atoms with Crippen molar-refractivity contribution < 1.29 is 18.3 Å². The van der Waals surface area contributed by atoms with Gasteiger partial charge in [-0.25, -0.2) is 0 Å². The van der Waals surface area contributed by atoms with E-state index in [1.807, 2.05) is 24.3 Å². The van der Waals surface area contributed by atoms with E-state index in [1.165, 1.54) is 6.07 Å². The molecular weight excluding hydrogens is 378 g/mol. The van der Waals surface area contributed by atoms with Gasteiger partial charge in [-0.05, 0) is 41.8 Å². The van der Waals surface area contributed by atoms with Crippen LogP contribution in [0.5, 0.6) is 5.75 Å². The fourth-order valence-electron chi connectivity index (χ4n) is 2.68. The largest absolute Gasteiger partial charge is 0.435 e. The molecule has 0 fully saturated rings. The van der Waals surface area contributed by atoms with Crippen molar-refractivity contribution in [3.05, 3.63) is 65.2 Å². The summed E-state index contributed by atoms with van der Waals surface area (Å²) in [4.78, 5) is 17.8. The van der Waals surface area contributed by atoms with E-state index in [2.05, 4.69) is 20.4 Å². The maximum Gasteiger partial charge on any atom is 0.387 e. The lowest BCUT2D eigenvalue weighted by Gasteiger charge is -2.14. The number of halogens is 2. The number of carbonyl (C=O) groups excluding carboxylic acids is 1. The highest BCUT2D eigenvalue weighted by atomic mass is 19.3. The Morgan fingerprint density at radius 3 is 2.52 bits per heavy atom. The van der Waals surface area contributed by atoms with Gasteiger partial charge in [0, 0.05) is 39.8 Å². The van der Waals surface area contributed by atoms with Crippen molar-refractivity contribution in [3.63, 3.8) is 0 Å². The Bertz CT molecular complexity index is 841. The second-order valence-corrected chi connectivity index (χ2v) is 6.53. The molecule has 0 radical (unpaired) electrons. The number of amides is 1. The van der Waals surface area contributed by atoms with Crippen molar-refractivity contribution >= 4 is 11.9 Å². The van der Waals surface area contributed by atoms with E-state index in [1.54, 1.807) is 44.2 Å². The molecule has 0 aliphatic carbocycles. The molecule has 0 bridgehead atoms. The van der Waals surface area contributed by atoms with Crippen molar-refractivity contribution in [2.24, 2.45) is 4.99 Å². The Labute approximate surface area is 169 Å². The molecule has 0 saturated carbocycles. The Morgan fingerprint density at radius 2 is 1.83 bits per heavy atom. The van der Waals surface area contributed by atoms with Gasteiger partial charge in [0.15, 0.2) is 5.96 Å². The number of guanidine groups is 1. The number of nitrogens with one attached hydrogen (secondary N) is 2. The lowest BCUT2D eigenvalue weighted by atomic mass is 10.1. The Hall–Kier alpha value is -3.16. The molecule has 0 aliphatic rings. The SMILES string of the molecule is CN=C(NCCc1cccc(C(=O)N(C)C)c1)NCc1cccc(OC(F)F)c1. The van der Waals surface area contributed by atoms with Crippen LogP contribution in [0, 0.1) is 0 Å². The van der Waals surface area contributed by atoms with Crippen LogP contribution in [-0.2, 0) is 13.0 Å². The molecule has 29 heavy (non-hydrogen) atoms. The third kappa shape index (κ3) is 7.40. The molecule has 0 atom stereocenters. The van der Waals surface area contributed by atoms with Crippen LogP contribution in [-0.4, -0.2) is 51.1 Å². The van der Waals surface area contributed by atoms with Crippen molar-refractivity contribution in [1.82, 2.24) is 15.5 Å². The van der Waals surface area contributed by atoms with E-state index in [4.69, 9.17) is 0 Å². The zero-order valence-corrected chi connectivity index (χ0v) is 16.8. The summed E-state index contributed by atoms with van der Waals surface area (Å²) < 4.78 is 29.1. The number of aliphatic imine (C=N–C) groups is 1. The highest BCUT2D eigenvalue weighted by molar-refractivity contribution is 5.94. The molecule has 1 amide bonds. The van der Waals surface area contributed by atoms with Crippen LogP contribution in [0.2, 0.25) is 0 Å². The second kappa shape index (κ2) is 11.0. The fourth-order valence-corrected chi connectivity index (χ4v) is 2.68. The number of rotatable bonds is 8. The van der Waals surface area contributed by atoms with Gasteiger partial charge in [0.05, 0.1) is 0 Å². The molecule has 2 aromatic rings. The molecule has 8 heteroatoms. The normalized spacial score (nSPS) is 11.3. The van der Waals surface area contributed by atoms with Crippen LogP contribution in [0.1, 0.15) is 21.5 Å². The van der Waals surface area contributed by atoms with Crippen molar-refractivity contribution in [1.29, 1.82) is 0 Å². The van der Waals surface area contributed by atoms with Gasteiger partial charge in [0.25, 0.3) is 5.91 Å². The first kappa shape index (κ1) is 22.1. The topological polar surface area (TPSA) is 66.0 Å². The van der Waals surface area contributed by atoms with E-state index in [0.717, 1.165) is 11.1 Å². The van der Waals surface area contributed by atoms with Gasteiger partial charge in [-0.1, -0.05) is 24.3 Å². The van der Waals surface area contributed by atoms with E-state index >= 15 is 0 Å². The fraction of sp³-hybridized carbons (Fsp3) is 0.333. The first-order chi connectivity index (χ1) is 13.9. The zero-order valence-electron chi connectivity index (χ0n) is 16.8. The molecule has 156 valence electrons. The first-order valence-electron chi connectivity index (χ1n) is 9.18. The highest BCUT2D eigenvalue weighted by Gasteiger charge is 2.08. The minimum absolute atomic E-state index is 0.0321. The minimum atomic E-state index is -2.85. The van der Waals surface area contributed by atoms with Crippen LogP contribution in [0.3, 0.4) is 0 Å². The number of hydrogen-bond acceptors (Lipinski definition) is 3. The van der Waals surface area contributed by atoms with Crippen molar-refractivity contribution in [3.8, 4) is 5.75 Å². The predicted octanol–water partition coefficient (Wildman–Crippen LogP) is 2.90. The summed E-state index contributed by atoms with van der Waals surface area (Å²) in [6.45, 7) is -1.82. The van der Waals surface area contributed by atoms with E-state index in [0.29, 0.717) is 31.0 Å². The highest BCUT2D eigenvalue weighted by Crippen LogP contribution is 2.15. The van der Waals surface area contributed by atoms with Crippen LogP contribution in [0.4, 0.5) is 8.78 Å². The first-order valence-corrected chi connectivity index (χ1v) is 9.18. The summed E-state index contributed by atoms with van der Waals surface area (Å²) in [5, 5.41) is 6.33. The van der Waals surface area contributed by atoms with Gasteiger partial charge in [-0.2, -0.15) is 8.78 Å². The van der Waals surface area contributed by atoms with Crippen LogP contribution in [0.15, 0.2) is 53.5 Å². The summed E-state index contributed by atoms with van der Waals surface area (Å²) in [5.74, 6) is 0.676. The third-order valence-electron chi connectivity index (χ3n) is 4.09. The van der Waals surface area contributed by atoms with Crippen molar-refractivity contribution in [2.45, 2.75) is 19.6 Å². The lowest BCUT2D eigenvalue weighted by Crippen LogP contribution is -2.37. The minimum Gasteiger partial charge on any atom is -0.435 e. The quantitative estimate of drug-likeness (QED) is 0.525. The molecule has 0 aliphatic heterocycles. The number of carbonyl (C=O) groups is 1. The molecule has 2 rings (SSSR count). The Kier molecular flexibility index (Phi) is 8.39. The number of benzene rings is 2. The maximum absolute atomic E-state index is 12.3. The predicted molar refractivity (Wildman–Crippen MR) is 109 cm³/mol. The molecular formula is C21H26F2N4O2. The summed E-state index contributed by atoms with van der Waals surface area (Å²) in [6.07, 6.45) is 0.715. The molecule has 0 saturated heterocycles. The molecule has 0 unspecified atom stereocenters. The van der Waals surface area contributed by atoms with Gasteiger partial charge >= 0.3 is 6.61 Å². The van der Waals surface area contributed by atoms with Gasteiger partial charge < -0.3 is 20.3 Å². The van der Waals surface area contributed by atoms with Gasteiger partial charge in [-0.3, -0.25) is 9.79 Å². The average Bonchev–Trinajstić information content (AvgIpc) is 2.70. The average molecular weight is 404 g/mol. The van der Waals surface area contributed by atoms with E-state index < -0.39 is 6.61 Å². The molecule has 2 N–H and O–H groups in total. The summed E-state index contributed by atoms with van der Waals surface area (Å²) in [7, 11) is 5.10. The van der Waals surface area contributed by atoms with Gasteiger partial charge in [-0.15, -0.1) is 0 Å². The summed E-state index contributed by atoms with van der Waals surface area (Å²) in [5.41, 5.74) is 2.49. The molecule has 2 aromatic carbocycles. The number of alkyl halides is 2. The molecule has 0 heterocycles. The standard InChI is InChI=1S/C21H26F2N4O2/c1-24-21(26-14-16-7-5-9-18(13-16)29-20(22)23)25-11-10-15-6-4-8-17(12-15)19(28)27(2)3/h4-9,12-13,20H,10-11,14H2,1-3H3,(H2,24,25,26). The zero-order chi connectivity index (χ0) is 21.2. The monoisotopic (exact) mass is 404 g/mol.